The van der Waals surface area contributed by atoms with Gasteiger partial charge in [-0.1, -0.05) is 11.6 Å². The fourth-order valence-electron chi connectivity index (χ4n) is 1.84. The molecule has 3 heterocycles. The van der Waals surface area contributed by atoms with E-state index in [-0.39, 0.29) is 5.60 Å². The number of nitrogens with zero attached hydrogens (tertiary/aromatic N) is 2. The number of rotatable bonds is 1. The predicted octanol–water partition coefficient (Wildman–Crippen LogP) is 1.78. The van der Waals surface area contributed by atoms with Crippen molar-refractivity contribution in [1.82, 2.24) is 4.98 Å². The first kappa shape index (κ1) is 8.03. The van der Waals surface area contributed by atoms with E-state index in [1.807, 2.05) is 5.38 Å². The summed E-state index contributed by atoms with van der Waals surface area (Å²) in [5.74, 6) is 0.996. The summed E-state index contributed by atoms with van der Waals surface area (Å²) in [5.41, 5.74) is 0.177. The number of thiazole rings is 1. The van der Waals surface area contributed by atoms with E-state index < -0.39 is 0 Å². The standard InChI is InChI=1S/C8H9ClN2OS/c9-7-10-6(3-13-7)11-4-8(5-11)1-2-12-8/h3H,1-2,4-5H2. The van der Waals surface area contributed by atoms with Crippen molar-refractivity contribution in [1.29, 1.82) is 0 Å². The summed E-state index contributed by atoms with van der Waals surface area (Å²) >= 11 is 7.23. The molecule has 0 N–H and O–H groups in total. The van der Waals surface area contributed by atoms with E-state index in [9.17, 15) is 0 Å². The van der Waals surface area contributed by atoms with Crippen molar-refractivity contribution in [3.63, 3.8) is 0 Å². The lowest BCUT2D eigenvalue weighted by molar-refractivity contribution is -0.161. The van der Waals surface area contributed by atoms with Crippen LogP contribution in [0.3, 0.4) is 0 Å². The molecular formula is C8H9ClN2OS. The molecule has 70 valence electrons. The molecule has 2 saturated heterocycles. The third-order valence-electron chi connectivity index (χ3n) is 2.71. The first-order valence-electron chi connectivity index (χ1n) is 4.27. The van der Waals surface area contributed by atoms with E-state index in [1.165, 1.54) is 17.8 Å². The van der Waals surface area contributed by atoms with Crippen LogP contribution < -0.4 is 4.90 Å². The zero-order valence-electron chi connectivity index (χ0n) is 6.99. The lowest BCUT2D eigenvalue weighted by atomic mass is 9.86. The summed E-state index contributed by atoms with van der Waals surface area (Å²) in [6.07, 6.45) is 1.20. The smallest absolute Gasteiger partial charge is 0.185 e. The van der Waals surface area contributed by atoms with Crippen LogP contribution in [0, 0.1) is 0 Å². The van der Waals surface area contributed by atoms with Gasteiger partial charge in [-0.3, -0.25) is 0 Å². The lowest BCUT2D eigenvalue weighted by Crippen LogP contribution is -2.68. The SMILES string of the molecule is Clc1nc(N2CC3(CCO3)C2)cs1. The maximum atomic E-state index is 5.75. The zero-order chi connectivity index (χ0) is 8.89. The fraction of sp³-hybridized carbons (Fsp3) is 0.625. The summed E-state index contributed by atoms with van der Waals surface area (Å²) in [7, 11) is 0. The van der Waals surface area contributed by atoms with Gasteiger partial charge in [0, 0.05) is 11.8 Å². The Balaban J connectivity index is 1.70. The van der Waals surface area contributed by atoms with Gasteiger partial charge in [0.25, 0.3) is 0 Å². The van der Waals surface area contributed by atoms with E-state index in [2.05, 4.69) is 9.88 Å². The average molecular weight is 217 g/mol. The molecule has 3 rings (SSSR count). The van der Waals surface area contributed by atoms with Gasteiger partial charge in [-0.25, -0.2) is 4.98 Å². The number of ether oxygens (including phenoxy) is 1. The minimum atomic E-state index is 0.177. The molecule has 1 aromatic rings. The molecule has 0 aromatic carbocycles. The maximum absolute atomic E-state index is 5.75. The van der Waals surface area contributed by atoms with Gasteiger partial charge in [0.1, 0.15) is 11.4 Å². The van der Waals surface area contributed by atoms with E-state index >= 15 is 0 Å². The van der Waals surface area contributed by atoms with E-state index in [0.717, 1.165) is 25.5 Å². The first-order chi connectivity index (χ1) is 6.27. The van der Waals surface area contributed by atoms with Gasteiger partial charge in [0.2, 0.25) is 0 Å². The van der Waals surface area contributed by atoms with Crippen LogP contribution in [0.5, 0.6) is 0 Å². The summed E-state index contributed by atoms with van der Waals surface area (Å²) in [6.45, 7) is 2.88. The molecule has 2 aliphatic rings. The maximum Gasteiger partial charge on any atom is 0.185 e. The Morgan fingerprint density at radius 2 is 2.38 bits per heavy atom. The molecule has 0 aliphatic carbocycles. The van der Waals surface area contributed by atoms with Crippen LogP contribution in [-0.4, -0.2) is 30.3 Å². The number of hydrogen-bond donors (Lipinski definition) is 0. The molecule has 5 heteroatoms. The third-order valence-corrected chi connectivity index (χ3v) is 3.68. The molecule has 0 atom stereocenters. The van der Waals surface area contributed by atoms with Gasteiger partial charge in [-0.05, 0) is 0 Å². The zero-order valence-corrected chi connectivity index (χ0v) is 8.57. The molecular weight excluding hydrogens is 208 g/mol. The van der Waals surface area contributed by atoms with Gasteiger partial charge in [-0.2, -0.15) is 0 Å². The molecule has 13 heavy (non-hydrogen) atoms. The van der Waals surface area contributed by atoms with Crippen LogP contribution in [0.2, 0.25) is 4.47 Å². The Kier molecular flexibility index (Phi) is 1.60. The van der Waals surface area contributed by atoms with Gasteiger partial charge in [0.05, 0.1) is 19.7 Å². The molecule has 2 aliphatic heterocycles. The van der Waals surface area contributed by atoms with Crippen LogP contribution >= 0.6 is 22.9 Å². The second-order valence-corrected chi connectivity index (χ2v) is 5.04. The van der Waals surface area contributed by atoms with Crippen molar-refractivity contribution >= 4 is 28.8 Å². The normalized spacial score (nSPS) is 24.2. The molecule has 0 amide bonds. The first-order valence-corrected chi connectivity index (χ1v) is 5.53. The highest BCUT2D eigenvalue weighted by atomic mass is 35.5. The number of aromatic nitrogens is 1. The Bertz CT molecular complexity index is 329. The van der Waals surface area contributed by atoms with Crippen LogP contribution in [-0.2, 0) is 4.74 Å². The average Bonchev–Trinajstić information content (AvgIpc) is 2.29. The summed E-state index contributed by atoms with van der Waals surface area (Å²) < 4.78 is 6.13. The fourth-order valence-corrected chi connectivity index (χ4v) is 2.61. The van der Waals surface area contributed by atoms with Gasteiger partial charge < -0.3 is 9.64 Å². The number of hydrogen-bond acceptors (Lipinski definition) is 4. The van der Waals surface area contributed by atoms with Crippen LogP contribution in [0.25, 0.3) is 0 Å². The highest BCUT2D eigenvalue weighted by molar-refractivity contribution is 7.14. The molecule has 0 saturated carbocycles. The van der Waals surface area contributed by atoms with Crippen molar-refractivity contribution in [2.45, 2.75) is 12.0 Å². The minimum absolute atomic E-state index is 0.177. The molecule has 1 spiro atoms. The highest BCUT2D eigenvalue weighted by Crippen LogP contribution is 2.39. The molecule has 0 radical (unpaired) electrons. The van der Waals surface area contributed by atoms with Gasteiger partial charge >= 0.3 is 0 Å². The van der Waals surface area contributed by atoms with Crippen LogP contribution in [0.1, 0.15) is 6.42 Å². The number of anilines is 1. The Hall–Kier alpha value is -0.320. The second-order valence-electron chi connectivity index (χ2n) is 3.60. The van der Waals surface area contributed by atoms with Gasteiger partial charge in [0.15, 0.2) is 4.47 Å². The Labute approximate surface area is 85.3 Å². The van der Waals surface area contributed by atoms with Crippen molar-refractivity contribution in [2.75, 3.05) is 24.6 Å². The summed E-state index contributed by atoms with van der Waals surface area (Å²) in [4.78, 5) is 6.42. The Morgan fingerprint density at radius 3 is 2.85 bits per heavy atom. The second kappa shape index (κ2) is 2.59. The molecule has 0 bridgehead atoms. The van der Waals surface area contributed by atoms with Crippen molar-refractivity contribution in [3.8, 4) is 0 Å². The molecule has 0 unspecified atom stereocenters. The van der Waals surface area contributed by atoms with Gasteiger partial charge in [-0.15, -0.1) is 11.3 Å². The van der Waals surface area contributed by atoms with Crippen molar-refractivity contribution in [2.24, 2.45) is 0 Å². The highest BCUT2D eigenvalue weighted by Gasteiger charge is 2.49. The largest absolute Gasteiger partial charge is 0.371 e. The topological polar surface area (TPSA) is 25.4 Å². The van der Waals surface area contributed by atoms with E-state index in [1.54, 1.807) is 0 Å². The van der Waals surface area contributed by atoms with E-state index in [4.69, 9.17) is 16.3 Å². The van der Waals surface area contributed by atoms with Crippen molar-refractivity contribution < 1.29 is 4.74 Å². The monoisotopic (exact) mass is 216 g/mol. The third kappa shape index (κ3) is 1.16. The Morgan fingerprint density at radius 1 is 1.62 bits per heavy atom. The minimum Gasteiger partial charge on any atom is -0.371 e. The van der Waals surface area contributed by atoms with Crippen LogP contribution in [0.4, 0.5) is 5.82 Å². The quantitative estimate of drug-likeness (QED) is 0.716. The predicted molar refractivity (Wildman–Crippen MR) is 52.6 cm³/mol. The summed E-state index contributed by atoms with van der Waals surface area (Å²) in [6, 6.07) is 0. The number of halogens is 1. The van der Waals surface area contributed by atoms with Crippen LogP contribution in [0.15, 0.2) is 5.38 Å². The lowest BCUT2D eigenvalue weighted by Gasteiger charge is -2.55. The molecule has 3 nitrogen and oxygen atoms in total. The van der Waals surface area contributed by atoms with Crippen molar-refractivity contribution in [3.05, 3.63) is 9.85 Å². The molecule has 2 fully saturated rings. The van der Waals surface area contributed by atoms with E-state index in [0.29, 0.717) is 4.47 Å². The summed E-state index contributed by atoms with van der Waals surface area (Å²) in [5, 5.41) is 1.99. The molecule has 1 aromatic heterocycles.